The molecule has 0 spiro atoms. The van der Waals surface area contributed by atoms with Gasteiger partial charge in [0.25, 0.3) is 0 Å². The van der Waals surface area contributed by atoms with Gasteiger partial charge in [-0.05, 0) is 68.1 Å². The molecule has 5 rings (SSSR count). The van der Waals surface area contributed by atoms with E-state index in [4.69, 9.17) is 9.84 Å². The maximum atomic E-state index is 11.1. The number of carbonyl (C=O) groups is 1. The Labute approximate surface area is 174 Å². The number of hydrogen-bond donors (Lipinski definition) is 2. The first-order valence-electron chi connectivity index (χ1n) is 10.3. The molecule has 1 unspecified atom stereocenters. The van der Waals surface area contributed by atoms with Gasteiger partial charge in [0.2, 0.25) is 0 Å². The van der Waals surface area contributed by atoms with E-state index in [2.05, 4.69) is 10.2 Å². The highest BCUT2D eigenvalue weighted by Crippen LogP contribution is 2.26. The quantitative estimate of drug-likeness (QED) is 0.730. The first kappa shape index (κ1) is 23.1. The van der Waals surface area contributed by atoms with Crippen LogP contribution in [0.5, 0.6) is 5.75 Å². The third kappa shape index (κ3) is 7.61. The van der Waals surface area contributed by atoms with Gasteiger partial charge in [-0.15, -0.1) is 0 Å². The minimum atomic E-state index is -0.275. The van der Waals surface area contributed by atoms with Gasteiger partial charge < -0.3 is 19.5 Å². The molecule has 5 heteroatoms. The van der Waals surface area contributed by atoms with Gasteiger partial charge in [-0.1, -0.05) is 42.5 Å². The second-order valence-electron chi connectivity index (χ2n) is 7.33. The van der Waals surface area contributed by atoms with Crippen LogP contribution in [-0.4, -0.2) is 50.1 Å². The molecule has 29 heavy (non-hydrogen) atoms. The number of hydrogen-bond acceptors (Lipinski definition) is 5. The fourth-order valence-corrected chi connectivity index (χ4v) is 3.74. The normalized spacial score (nSPS) is 20.4. The molecule has 3 fully saturated rings. The van der Waals surface area contributed by atoms with Crippen molar-refractivity contribution < 1.29 is 14.6 Å². The van der Waals surface area contributed by atoms with Crippen molar-refractivity contribution in [1.82, 2.24) is 10.2 Å². The second kappa shape index (κ2) is 13.1. The van der Waals surface area contributed by atoms with Crippen LogP contribution >= 0.6 is 0 Å². The second-order valence-corrected chi connectivity index (χ2v) is 7.33. The summed E-state index contributed by atoms with van der Waals surface area (Å²) in [6.45, 7) is 4.82. The van der Waals surface area contributed by atoms with Crippen LogP contribution in [0, 0.1) is 5.92 Å². The summed E-state index contributed by atoms with van der Waals surface area (Å²) in [4.78, 5) is 13.7. The van der Waals surface area contributed by atoms with Gasteiger partial charge in [0.1, 0.15) is 12.0 Å². The Morgan fingerprint density at radius 3 is 2.03 bits per heavy atom. The monoisotopic (exact) mass is 398 g/mol. The predicted octanol–water partition coefficient (Wildman–Crippen LogP) is 3.44. The summed E-state index contributed by atoms with van der Waals surface area (Å²) in [6.07, 6.45) is 5.39. The number of fused-ring (bicyclic) bond motifs is 3. The zero-order chi connectivity index (χ0) is 20.9. The smallest absolute Gasteiger partial charge is 0.141 e. The molecular weight excluding hydrogens is 364 g/mol. The highest BCUT2D eigenvalue weighted by molar-refractivity contribution is 5.61. The number of aliphatic hydroxyl groups is 1. The van der Waals surface area contributed by atoms with E-state index in [0.29, 0.717) is 6.54 Å². The summed E-state index contributed by atoms with van der Waals surface area (Å²) < 4.78 is 5.11. The first-order valence-corrected chi connectivity index (χ1v) is 10.3. The van der Waals surface area contributed by atoms with E-state index in [1.807, 2.05) is 54.6 Å². The van der Waals surface area contributed by atoms with Crippen molar-refractivity contribution in [3.8, 4) is 5.75 Å². The lowest BCUT2D eigenvalue weighted by atomic mass is 9.89. The Bertz CT molecular complexity index is 660. The molecule has 3 saturated heterocycles. The minimum absolute atomic E-state index is 0.275. The molecule has 3 aliphatic rings. The molecule has 0 saturated carbocycles. The Balaban J connectivity index is 0.000000247. The zero-order valence-corrected chi connectivity index (χ0v) is 17.6. The van der Waals surface area contributed by atoms with Gasteiger partial charge in [0.05, 0.1) is 13.2 Å². The maximum absolute atomic E-state index is 11.1. The molecular formula is C24H34N2O3. The average molecular weight is 399 g/mol. The standard InChI is InChI=1S/C16H17NO2.C7H13N.CH4O/c1-19-15-9-7-13(8-10-15)11-17-16(12-18)14-5-3-2-4-6-14;1-4-8-5-2-7(1)3-6-8;1-2/h2-10,12,16-17H,11H2,1H3;7H,1-6H2;2H,1H3. The number of carbonyl (C=O) groups excluding carboxylic acids is 1. The molecule has 5 nitrogen and oxygen atoms in total. The fourth-order valence-electron chi connectivity index (χ4n) is 3.74. The summed E-state index contributed by atoms with van der Waals surface area (Å²) in [5, 5.41) is 10.2. The van der Waals surface area contributed by atoms with Gasteiger partial charge >= 0.3 is 0 Å². The Hall–Kier alpha value is -2.21. The van der Waals surface area contributed by atoms with Crippen molar-refractivity contribution >= 4 is 6.29 Å². The summed E-state index contributed by atoms with van der Waals surface area (Å²) >= 11 is 0. The van der Waals surface area contributed by atoms with Crippen LogP contribution in [0.25, 0.3) is 0 Å². The molecule has 3 aliphatic heterocycles. The van der Waals surface area contributed by atoms with Crippen LogP contribution in [0.4, 0.5) is 0 Å². The molecule has 0 aromatic heterocycles. The molecule has 2 N–H and O–H groups in total. The largest absolute Gasteiger partial charge is 0.497 e. The van der Waals surface area contributed by atoms with Gasteiger partial charge in [0, 0.05) is 13.7 Å². The highest BCUT2D eigenvalue weighted by Gasteiger charge is 2.24. The number of ether oxygens (including phenoxy) is 1. The van der Waals surface area contributed by atoms with E-state index in [1.54, 1.807) is 7.11 Å². The number of benzene rings is 2. The number of aldehydes is 1. The highest BCUT2D eigenvalue weighted by atomic mass is 16.5. The van der Waals surface area contributed by atoms with Gasteiger partial charge in [-0.2, -0.15) is 0 Å². The number of rotatable bonds is 6. The van der Waals surface area contributed by atoms with Crippen LogP contribution in [0.15, 0.2) is 54.6 Å². The lowest BCUT2D eigenvalue weighted by molar-refractivity contribution is -0.109. The summed E-state index contributed by atoms with van der Waals surface area (Å²) in [5.41, 5.74) is 2.09. The lowest BCUT2D eigenvalue weighted by Crippen LogP contribution is -2.41. The number of aliphatic hydroxyl groups excluding tert-OH is 1. The lowest BCUT2D eigenvalue weighted by Gasteiger charge is -2.38. The molecule has 3 heterocycles. The van der Waals surface area contributed by atoms with Crippen molar-refractivity contribution in [3.63, 3.8) is 0 Å². The molecule has 0 aliphatic carbocycles. The van der Waals surface area contributed by atoms with Gasteiger partial charge in [0.15, 0.2) is 0 Å². The topological polar surface area (TPSA) is 61.8 Å². The average Bonchev–Trinajstić information content (AvgIpc) is 2.83. The van der Waals surface area contributed by atoms with Crippen LogP contribution in [0.1, 0.15) is 36.4 Å². The number of nitrogens with zero attached hydrogens (tertiary/aromatic N) is 1. The van der Waals surface area contributed by atoms with Crippen molar-refractivity contribution in [2.45, 2.75) is 31.8 Å². The van der Waals surface area contributed by atoms with E-state index in [-0.39, 0.29) is 6.04 Å². The van der Waals surface area contributed by atoms with Crippen LogP contribution in [-0.2, 0) is 11.3 Å². The van der Waals surface area contributed by atoms with Crippen molar-refractivity contribution in [3.05, 3.63) is 65.7 Å². The number of methoxy groups -OCH3 is 1. The maximum Gasteiger partial charge on any atom is 0.141 e. The van der Waals surface area contributed by atoms with Crippen LogP contribution < -0.4 is 10.1 Å². The molecule has 158 valence electrons. The van der Waals surface area contributed by atoms with Crippen molar-refractivity contribution in [1.29, 1.82) is 0 Å². The zero-order valence-electron chi connectivity index (χ0n) is 17.6. The Kier molecular flexibility index (Phi) is 10.4. The number of nitrogens with one attached hydrogen (secondary N) is 1. The van der Waals surface area contributed by atoms with E-state index in [0.717, 1.165) is 36.2 Å². The van der Waals surface area contributed by atoms with E-state index in [9.17, 15) is 4.79 Å². The molecule has 0 amide bonds. The summed E-state index contributed by atoms with van der Waals surface area (Å²) in [6, 6.07) is 17.2. The van der Waals surface area contributed by atoms with Gasteiger partial charge in [-0.3, -0.25) is 5.32 Å². The Morgan fingerprint density at radius 2 is 1.62 bits per heavy atom. The fraction of sp³-hybridized carbons (Fsp3) is 0.458. The summed E-state index contributed by atoms with van der Waals surface area (Å²) in [7, 11) is 2.64. The van der Waals surface area contributed by atoms with Crippen LogP contribution in [0.2, 0.25) is 0 Å². The third-order valence-corrected chi connectivity index (χ3v) is 5.54. The Morgan fingerprint density at radius 1 is 1.03 bits per heavy atom. The molecule has 1 atom stereocenters. The van der Waals surface area contributed by atoms with Crippen molar-refractivity contribution in [2.24, 2.45) is 5.92 Å². The summed E-state index contributed by atoms with van der Waals surface area (Å²) in [5.74, 6) is 1.94. The van der Waals surface area contributed by atoms with E-state index in [1.165, 1.54) is 38.9 Å². The third-order valence-electron chi connectivity index (χ3n) is 5.54. The van der Waals surface area contributed by atoms with E-state index < -0.39 is 0 Å². The SMILES string of the molecule is C1CN2CCC1CC2.CO.COc1ccc(CNC(C=O)c2ccccc2)cc1. The predicted molar refractivity (Wildman–Crippen MR) is 117 cm³/mol. The first-order chi connectivity index (χ1) is 14.3. The van der Waals surface area contributed by atoms with Gasteiger partial charge in [-0.25, -0.2) is 0 Å². The molecule has 2 aromatic rings. The minimum Gasteiger partial charge on any atom is -0.497 e. The molecule has 2 bridgehead atoms. The molecule has 0 radical (unpaired) electrons. The number of piperidine rings is 3. The van der Waals surface area contributed by atoms with E-state index >= 15 is 0 Å². The van der Waals surface area contributed by atoms with Crippen molar-refractivity contribution in [2.75, 3.05) is 33.9 Å². The molecule has 2 aromatic carbocycles. The van der Waals surface area contributed by atoms with Crippen LogP contribution in [0.3, 0.4) is 0 Å².